The Morgan fingerprint density at radius 3 is 1.94 bits per heavy atom. The van der Waals surface area contributed by atoms with E-state index in [1.54, 1.807) is 7.05 Å². The van der Waals surface area contributed by atoms with Crippen molar-refractivity contribution in [2.75, 3.05) is 5.32 Å². The Morgan fingerprint density at radius 1 is 0.806 bits per heavy atom. The van der Waals surface area contributed by atoms with Crippen molar-refractivity contribution in [2.24, 2.45) is 7.05 Å². The zero-order valence-electron chi connectivity index (χ0n) is 17.7. The summed E-state index contributed by atoms with van der Waals surface area (Å²) in [5.74, 6) is -0.448. The van der Waals surface area contributed by atoms with Gasteiger partial charge in [-0.15, -0.1) is 0 Å². The topological polar surface area (TPSA) is 64.0 Å². The number of rotatable bonds is 4. The lowest BCUT2D eigenvalue weighted by atomic mass is 9.95. The quantitative estimate of drug-likeness (QED) is 0.517. The van der Waals surface area contributed by atoms with Gasteiger partial charge in [0.2, 0.25) is 0 Å². The molecule has 4 aromatic rings. The molecule has 1 heterocycles. The van der Waals surface area contributed by atoms with Gasteiger partial charge in [0.15, 0.2) is 0 Å². The van der Waals surface area contributed by atoms with Gasteiger partial charge >= 0.3 is 0 Å². The molecule has 0 saturated heterocycles. The van der Waals surface area contributed by atoms with Gasteiger partial charge in [-0.05, 0) is 30.5 Å². The third-order valence-corrected chi connectivity index (χ3v) is 5.30. The number of nitrogens with one attached hydrogen (secondary N) is 1. The molecule has 1 N–H and O–H groups in total. The number of amides is 1. The monoisotopic (exact) mass is 409 g/mol. The summed E-state index contributed by atoms with van der Waals surface area (Å²) in [4.78, 5) is 26.7. The smallest absolute Gasteiger partial charge is 0.280 e. The van der Waals surface area contributed by atoms with Crippen molar-refractivity contribution >= 4 is 11.6 Å². The van der Waals surface area contributed by atoms with Gasteiger partial charge in [-0.2, -0.15) is 5.10 Å². The number of benzene rings is 3. The third-order valence-electron chi connectivity index (χ3n) is 5.30. The van der Waals surface area contributed by atoms with Crippen LogP contribution >= 0.6 is 0 Å². The number of aryl methyl sites for hydroxylation is 3. The molecule has 0 aliphatic rings. The van der Waals surface area contributed by atoms with Crippen molar-refractivity contribution in [2.45, 2.75) is 13.8 Å². The lowest BCUT2D eigenvalue weighted by molar-refractivity contribution is 0.102. The minimum atomic E-state index is -0.448. The third kappa shape index (κ3) is 3.90. The molecule has 0 unspecified atom stereocenters. The van der Waals surface area contributed by atoms with Gasteiger partial charge in [0.05, 0.1) is 5.69 Å². The van der Waals surface area contributed by atoms with E-state index < -0.39 is 11.5 Å². The molecule has 4 rings (SSSR count). The molecule has 5 nitrogen and oxygen atoms in total. The van der Waals surface area contributed by atoms with E-state index in [2.05, 4.69) is 10.4 Å². The van der Waals surface area contributed by atoms with Crippen molar-refractivity contribution in [3.63, 3.8) is 0 Å². The van der Waals surface area contributed by atoms with E-state index in [0.717, 1.165) is 22.3 Å². The first-order valence-electron chi connectivity index (χ1n) is 10.1. The van der Waals surface area contributed by atoms with Crippen LogP contribution in [0.25, 0.3) is 22.4 Å². The molecular weight excluding hydrogens is 386 g/mol. The van der Waals surface area contributed by atoms with E-state index in [9.17, 15) is 9.59 Å². The second-order valence-corrected chi connectivity index (χ2v) is 7.48. The van der Waals surface area contributed by atoms with Gasteiger partial charge < -0.3 is 5.32 Å². The van der Waals surface area contributed by atoms with E-state index in [-0.39, 0.29) is 5.56 Å². The van der Waals surface area contributed by atoms with E-state index in [1.807, 2.05) is 92.7 Å². The highest BCUT2D eigenvalue weighted by molar-refractivity contribution is 6.10. The second-order valence-electron chi connectivity index (χ2n) is 7.48. The van der Waals surface area contributed by atoms with Gasteiger partial charge in [-0.1, -0.05) is 78.9 Å². The zero-order valence-corrected chi connectivity index (χ0v) is 17.7. The molecule has 0 radical (unpaired) electrons. The normalized spacial score (nSPS) is 10.7. The fourth-order valence-electron chi connectivity index (χ4n) is 3.71. The number of anilines is 1. The van der Waals surface area contributed by atoms with Gasteiger partial charge in [-0.25, -0.2) is 4.68 Å². The van der Waals surface area contributed by atoms with Crippen LogP contribution in [0.5, 0.6) is 0 Å². The lowest BCUT2D eigenvalue weighted by Crippen LogP contribution is -2.31. The number of nitrogens with zero attached hydrogens (tertiary/aromatic N) is 2. The average molecular weight is 409 g/mol. The maximum atomic E-state index is 13.5. The van der Waals surface area contributed by atoms with Crippen molar-refractivity contribution in [1.82, 2.24) is 9.78 Å². The van der Waals surface area contributed by atoms with E-state index in [0.29, 0.717) is 16.9 Å². The summed E-state index contributed by atoms with van der Waals surface area (Å²) >= 11 is 0. The predicted molar refractivity (Wildman–Crippen MR) is 124 cm³/mol. The van der Waals surface area contributed by atoms with Crippen LogP contribution in [-0.4, -0.2) is 15.7 Å². The van der Waals surface area contributed by atoms with Crippen LogP contribution in [0.1, 0.15) is 21.5 Å². The first kappa shape index (κ1) is 20.3. The minimum Gasteiger partial charge on any atom is -0.321 e. The van der Waals surface area contributed by atoms with Crippen LogP contribution in [0.2, 0.25) is 0 Å². The first-order valence-corrected chi connectivity index (χ1v) is 10.1. The van der Waals surface area contributed by atoms with Crippen LogP contribution in [0.3, 0.4) is 0 Å². The second kappa shape index (κ2) is 8.40. The van der Waals surface area contributed by atoms with Crippen molar-refractivity contribution in [3.8, 4) is 22.4 Å². The number of aromatic nitrogens is 2. The van der Waals surface area contributed by atoms with Crippen LogP contribution in [0.15, 0.2) is 83.7 Å². The molecule has 154 valence electrons. The highest BCUT2D eigenvalue weighted by Crippen LogP contribution is 2.32. The summed E-state index contributed by atoms with van der Waals surface area (Å²) in [5, 5.41) is 7.50. The largest absolute Gasteiger partial charge is 0.321 e. The molecule has 1 aromatic heterocycles. The molecule has 0 aliphatic carbocycles. The molecule has 0 atom stereocenters. The summed E-state index contributed by atoms with van der Waals surface area (Å²) in [6.07, 6.45) is 0. The number of hydrogen-bond acceptors (Lipinski definition) is 3. The number of para-hydroxylation sites is 1. The van der Waals surface area contributed by atoms with Gasteiger partial charge in [0.1, 0.15) is 5.56 Å². The summed E-state index contributed by atoms with van der Waals surface area (Å²) in [7, 11) is 1.57. The summed E-state index contributed by atoms with van der Waals surface area (Å²) in [6.45, 7) is 3.86. The fraction of sp³-hybridized carbons (Fsp3) is 0.115. The molecule has 0 spiro atoms. The van der Waals surface area contributed by atoms with Gasteiger partial charge in [0, 0.05) is 23.9 Å². The Kier molecular flexibility index (Phi) is 5.50. The summed E-state index contributed by atoms with van der Waals surface area (Å²) in [5.41, 5.74) is 4.92. The molecule has 1 amide bonds. The van der Waals surface area contributed by atoms with E-state index >= 15 is 0 Å². The minimum absolute atomic E-state index is 0.0743. The molecule has 0 saturated carbocycles. The molecule has 5 heteroatoms. The Morgan fingerprint density at radius 2 is 1.35 bits per heavy atom. The Labute approximate surface area is 181 Å². The van der Waals surface area contributed by atoms with Crippen LogP contribution in [-0.2, 0) is 7.05 Å². The Hall–Kier alpha value is -3.99. The van der Waals surface area contributed by atoms with Gasteiger partial charge in [-0.3, -0.25) is 9.59 Å². The molecule has 0 fully saturated rings. The highest BCUT2D eigenvalue weighted by Gasteiger charge is 2.25. The summed E-state index contributed by atoms with van der Waals surface area (Å²) < 4.78 is 1.23. The lowest BCUT2D eigenvalue weighted by Gasteiger charge is -2.17. The van der Waals surface area contributed by atoms with E-state index in [1.165, 1.54) is 4.68 Å². The molecular formula is C26H23N3O2. The Balaban J connectivity index is 1.98. The van der Waals surface area contributed by atoms with Crippen molar-refractivity contribution in [1.29, 1.82) is 0 Å². The Bertz CT molecular complexity index is 1290. The number of hydrogen-bond donors (Lipinski definition) is 1. The number of carbonyl (C=O) groups is 1. The molecule has 0 aliphatic heterocycles. The maximum Gasteiger partial charge on any atom is 0.280 e. The van der Waals surface area contributed by atoms with Crippen LogP contribution in [0.4, 0.5) is 5.69 Å². The molecule has 0 bridgehead atoms. The standard InChI is InChI=1S/C26H23N3O2/c1-17-11-10-12-18(2)23(17)27-25(30)22-21(19-13-6-4-7-14-19)24(28-29(3)26(22)31)20-15-8-5-9-16-20/h4-16H,1-3H3,(H,27,30). The predicted octanol–water partition coefficient (Wildman–Crippen LogP) is 4.98. The van der Waals surface area contributed by atoms with Crippen molar-refractivity contribution < 1.29 is 4.79 Å². The van der Waals surface area contributed by atoms with Crippen molar-refractivity contribution in [3.05, 3.63) is 106 Å². The average Bonchev–Trinajstić information content (AvgIpc) is 2.79. The summed E-state index contributed by atoms with van der Waals surface area (Å²) in [6, 6.07) is 24.8. The SMILES string of the molecule is Cc1cccc(C)c1NC(=O)c1c(-c2ccccc2)c(-c2ccccc2)nn(C)c1=O. The fourth-order valence-corrected chi connectivity index (χ4v) is 3.71. The van der Waals surface area contributed by atoms with Crippen LogP contribution < -0.4 is 10.9 Å². The van der Waals surface area contributed by atoms with Crippen LogP contribution in [0, 0.1) is 13.8 Å². The van der Waals surface area contributed by atoms with Gasteiger partial charge in [0.25, 0.3) is 11.5 Å². The zero-order chi connectivity index (χ0) is 22.0. The highest BCUT2D eigenvalue weighted by atomic mass is 16.2. The first-order chi connectivity index (χ1) is 15.0. The van der Waals surface area contributed by atoms with E-state index in [4.69, 9.17) is 0 Å². The molecule has 31 heavy (non-hydrogen) atoms. The maximum absolute atomic E-state index is 13.5. The molecule has 3 aromatic carbocycles. The number of carbonyl (C=O) groups excluding carboxylic acids is 1.